The van der Waals surface area contributed by atoms with Gasteiger partial charge in [-0.1, -0.05) is 278 Å². The van der Waals surface area contributed by atoms with Crippen LogP contribution >= 0.6 is 0 Å². The summed E-state index contributed by atoms with van der Waals surface area (Å²) in [6.07, 6.45) is 61.4. The molecule has 66 heavy (non-hydrogen) atoms. The molecule has 0 bridgehead atoms. The molecule has 0 spiro atoms. The molecule has 0 heterocycles. The summed E-state index contributed by atoms with van der Waals surface area (Å²) in [5, 5.41) is 0. The lowest BCUT2D eigenvalue weighted by atomic mass is 9.98. The Balaban J connectivity index is 1.90. The van der Waals surface area contributed by atoms with E-state index < -0.39 is 0 Å². The van der Waals surface area contributed by atoms with Gasteiger partial charge in [-0.05, 0) is 57.1 Å². The topological polar surface area (TPSA) is 54.0 Å². The Kier molecular flexibility index (Phi) is 42.7. The molecule has 1 aliphatic rings. The van der Waals surface area contributed by atoms with Crippen molar-refractivity contribution >= 4 is 5.97 Å². The lowest BCUT2D eigenvalue weighted by Crippen LogP contribution is -2.21. The number of ether oxygens (including phenoxy) is 4. The molecular formula is C61H112O5. The van der Waals surface area contributed by atoms with Crippen molar-refractivity contribution < 1.29 is 23.7 Å². The summed E-state index contributed by atoms with van der Waals surface area (Å²) in [7, 11) is 0. The second kappa shape index (κ2) is 46.8. The van der Waals surface area contributed by atoms with Crippen LogP contribution in [0.2, 0.25) is 0 Å². The van der Waals surface area contributed by atoms with Crippen molar-refractivity contribution in [3.63, 3.8) is 0 Å². The first-order valence-corrected chi connectivity index (χ1v) is 30.0. The average Bonchev–Trinajstić information content (AvgIpc) is 3.33. The van der Waals surface area contributed by atoms with Crippen LogP contribution < -0.4 is 14.2 Å². The highest BCUT2D eigenvalue weighted by Crippen LogP contribution is 2.40. The Bertz CT molecular complexity index is 1120. The van der Waals surface area contributed by atoms with E-state index in [4.69, 9.17) is 18.9 Å². The standard InChI is InChI=1S/C61H112O5/c1-4-7-10-13-16-19-22-25-28-31-34-37-40-46-51-63-58-54-56(61(62)66-57-49-44-43-45-50-57)55-59(64-52-47-41-38-35-32-29-26-23-20-17-14-11-8-5-2)60(58)65-53-48-42-39-36-33-30-27-24-21-18-15-12-9-6-3/h54-55,57H,4-53H2,1-3H3. The van der Waals surface area contributed by atoms with Crippen molar-refractivity contribution in [2.75, 3.05) is 19.8 Å². The van der Waals surface area contributed by atoms with Gasteiger partial charge in [0.2, 0.25) is 5.75 Å². The summed E-state index contributed by atoms with van der Waals surface area (Å²) < 4.78 is 25.8. The maximum atomic E-state index is 13.7. The van der Waals surface area contributed by atoms with Crippen LogP contribution in [0.1, 0.15) is 333 Å². The van der Waals surface area contributed by atoms with E-state index in [1.165, 1.54) is 257 Å². The molecule has 0 radical (unpaired) electrons. The molecule has 0 aliphatic heterocycles. The average molecular weight is 926 g/mol. The summed E-state index contributed by atoms with van der Waals surface area (Å²) in [5.41, 5.74) is 0.524. The molecule has 0 unspecified atom stereocenters. The molecule has 1 fully saturated rings. The number of carbonyl (C=O) groups excluding carboxylic acids is 1. The maximum absolute atomic E-state index is 13.7. The number of benzene rings is 1. The van der Waals surface area contributed by atoms with Gasteiger partial charge in [0.15, 0.2) is 11.5 Å². The molecule has 386 valence electrons. The van der Waals surface area contributed by atoms with E-state index in [9.17, 15) is 4.79 Å². The summed E-state index contributed by atoms with van der Waals surface area (Å²) >= 11 is 0. The molecular weight excluding hydrogens is 813 g/mol. The van der Waals surface area contributed by atoms with Crippen molar-refractivity contribution in [3.05, 3.63) is 17.7 Å². The molecule has 5 nitrogen and oxygen atoms in total. The maximum Gasteiger partial charge on any atom is 0.338 e. The number of hydrogen-bond donors (Lipinski definition) is 0. The zero-order chi connectivity index (χ0) is 47.1. The molecule has 2 rings (SSSR count). The first-order chi connectivity index (χ1) is 32.7. The van der Waals surface area contributed by atoms with Gasteiger partial charge in [-0.3, -0.25) is 0 Å². The highest BCUT2D eigenvalue weighted by atomic mass is 16.5. The Labute approximate surface area is 411 Å². The van der Waals surface area contributed by atoms with Crippen molar-refractivity contribution in [1.82, 2.24) is 0 Å². The summed E-state index contributed by atoms with van der Waals surface area (Å²) in [6, 6.07) is 3.77. The number of hydrogen-bond acceptors (Lipinski definition) is 5. The zero-order valence-electron chi connectivity index (χ0n) is 44.6. The summed E-state index contributed by atoms with van der Waals surface area (Å²) in [4.78, 5) is 13.7. The van der Waals surface area contributed by atoms with Gasteiger partial charge in [-0.25, -0.2) is 4.79 Å². The molecule has 0 saturated heterocycles. The van der Waals surface area contributed by atoms with Crippen LogP contribution in [0.15, 0.2) is 12.1 Å². The third-order valence-electron chi connectivity index (χ3n) is 14.3. The van der Waals surface area contributed by atoms with Crippen LogP contribution in [-0.4, -0.2) is 31.9 Å². The molecule has 1 aliphatic carbocycles. The van der Waals surface area contributed by atoms with Gasteiger partial charge in [0.05, 0.1) is 25.4 Å². The quantitative estimate of drug-likeness (QED) is 0.0481. The van der Waals surface area contributed by atoms with E-state index in [0.29, 0.717) is 42.6 Å². The minimum absolute atomic E-state index is 0.00216. The summed E-state index contributed by atoms with van der Waals surface area (Å²) in [6.45, 7) is 8.76. The molecule has 5 heteroatoms. The van der Waals surface area contributed by atoms with Crippen LogP contribution in [-0.2, 0) is 4.74 Å². The molecule has 0 atom stereocenters. The van der Waals surface area contributed by atoms with Gasteiger partial charge in [0, 0.05) is 0 Å². The van der Waals surface area contributed by atoms with E-state index >= 15 is 0 Å². The predicted octanol–water partition coefficient (Wildman–Crippen LogP) is 20.8. The van der Waals surface area contributed by atoms with E-state index in [-0.39, 0.29) is 12.1 Å². The molecule has 0 amide bonds. The van der Waals surface area contributed by atoms with Gasteiger partial charge >= 0.3 is 5.97 Å². The van der Waals surface area contributed by atoms with Crippen LogP contribution in [0.25, 0.3) is 0 Å². The highest BCUT2D eigenvalue weighted by molar-refractivity contribution is 5.91. The largest absolute Gasteiger partial charge is 0.490 e. The molecule has 1 aromatic rings. The third-order valence-corrected chi connectivity index (χ3v) is 14.3. The Morgan fingerprint density at radius 3 is 0.909 bits per heavy atom. The minimum Gasteiger partial charge on any atom is -0.490 e. The number of rotatable bonds is 50. The normalized spacial score (nSPS) is 13.1. The van der Waals surface area contributed by atoms with Crippen molar-refractivity contribution in [3.8, 4) is 17.2 Å². The first kappa shape index (κ1) is 60.2. The van der Waals surface area contributed by atoms with E-state index in [1.54, 1.807) is 0 Å². The minimum atomic E-state index is -0.261. The summed E-state index contributed by atoms with van der Waals surface area (Å²) in [5.74, 6) is 1.70. The van der Waals surface area contributed by atoms with E-state index in [0.717, 1.165) is 44.9 Å². The zero-order valence-corrected chi connectivity index (χ0v) is 44.6. The first-order valence-electron chi connectivity index (χ1n) is 30.0. The van der Waals surface area contributed by atoms with Gasteiger partial charge < -0.3 is 18.9 Å². The fourth-order valence-corrected chi connectivity index (χ4v) is 9.88. The Morgan fingerprint density at radius 1 is 0.364 bits per heavy atom. The van der Waals surface area contributed by atoms with E-state index in [1.807, 2.05) is 12.1 Å². The monoisotopic (exact) mass is 925 g/mol. The predicted molar refractivity (Wildman–Crippen MR) is 286 cm³/mol. The van der Waals surface area contributed by atoms with Crippen molar-refractivity contribution in [1.29, 1.82) is 0 Å². The highest BCUT2D eigenvalue weighted by Gasteiger charge is 2.23. The fourth-order valence-electron chi connectivity index (χ4n) is 9.88. The van der Waals surface area contributed by atoms with Crippen LogP contribution in [0.3, 0.4) is 0 Å². The molecule has 1 aromatic carbocycles. The number of unbranched alkanes of at least 4 members (excludes halogenated alkanes) is 39. The SMILES string of the molecule is CCCCCCCCCCCCCCCCOc1cc(C(=O)OC2CCCCC2)cc(OCCCCCCCCCCCCCCCC)c1OCCCCCCCCCCCCCCCC. The van der Waals surface area contributed by atoms with Gasteiger partial charge in [0.1, 0.15) is 6.10 Å². The second-order valence-electron chi connectivity index (χ2n) is 20.8. The van der Waals surface area contributed by atoms with Gasteiger partial charge in [0.25, 0.3) is 0 Å². The Hall–Kier alpha value is -1.91. The lowest BCUT2D eigenvalue weighted by Gasteiger charge is -2.23. The lowest BCUT2D eigenvalue weighted by molar-refractivity contribution is 0.0210. The van der Waals surface area contributed by atoms with Crippen molar-refractivity contribution in [2.24, 2.45) is 0 Å². The molecule has 0 aromatic heterocycles. The third kappa shape index (κ3) is 35.2. The molecule has 1 saturated carbocycles. The van der Waals surface area contributed by atoms with Crippen LogP contribution in [0.4, 0.5) is 0 Å². The second-order valence-corrected chi connectivity index (χ2v) is 20.8. The van der Waals surface area contributed by atoms with Crippen molar-refractivity contribution in [2.45, 2.75) is 329 Å². The van der Waals surface area contributed by atoms with Crippen LogP contribution in [0.5, 0.6) is 17.2 Å². The van der Waals surface area contributed by atoms with Crippen LogP contribution in [0, 0.1) is 0 Å². The molecule has 0 N–H and O–H groups in total. The van der Waals surface area contributed by atoms with E-state index in [2.05, 4.69) is 20.8 Å². The van der Waals surface area contributed by atoms with Gasteiger partial charge in [-0.2, -0.15) is 0 Å². The number of carbonyl (C=O) groups is 1. The van der Waals surface area contributed by atoms with Gasteiger partial charge in [-0.15, -0.1) is 0 Å². The fraction of sp³-hybridized carbons (Fsp3) is 0.885. The Morgan fingerprint density at radius 2 is 0.621 bits per heavy atom. The number of esters is 1. The smallest absolute Gasteiger partial charge is 0.338 e.